The highest BCUT2D eigenvalue weighted by molar-refractivity contribution is 6.01. The monoisotopic (exact) mass is 831 g/mol. The average molecular weight is 832 g/mol. The van der Waals surface area contributed by atoms with Crippen LogP contribution in [0.1, 0.15) is 58.4 Å². The van der Waals surface area contributed by atoms with Gasteiger partial charge in [-0.05, 0) is 144 Å². The first-order valence-corrected chi connectivity index (χ1v) is 22.9. The van der Waals surface area contributed by atoms with Crippen molar-refractivity contribution in [2.24, 2.45) is 0 Å². The summed E-state index contributed by atoms with van der Waals surface area (Å²) >= 11 is 0. The van der Waals surface area contributed by atoms with Crippen LogP contribution in [-0.4, -0.2) is 0 Å². The number of aryl methyl sites for hydroxylation is 2. The van der Waals surface area contributed by atoms with Crippen LogP contribution in [0.2, 0.25) is 0 Å². The minimum atomic E-state index is -0.538. The Kier molecular flexibility index (Phi) is 8.94. The lowest BCUT2D eigenvalue weighted by Gasteiger charge is -2.35. The molecule has 1 heteroatoms. The summed E-state index contributed by atoms with van der Waals surface area (Å²) in [6, 6.07) is 84.0. The molecule has 10 aromatic rings. The maximum Gasteiger partial charge on any atom is 0.0714 e. The zero-order valence-corrected chi connectivity index (χ0v) is 37.3. The van der Waals surface area contributed by atoms with Gasteiger partial charge in [0, 0.05) is 22.4 Å². The first-order chi connectivity index (χ1) is 31.8. The van der Waals surface area contributed by atoms with E-state index in [2.05, 4.69) is 257 Å². The average Bonchev–Trinajstić information content (AvgIpc) is 3.77. The Hall–Kier alpha value is -7.74. The maximum absolute atomic E-state index is 2.58. The van der Waals surface area contributed by atoms with Crippen molar-refractivity contribution in [1.82, 2.24) is 0 Å². The summed E-state index contributed by atoms with van der Waals surface area (Å²) in [4.78, 5) is 2.58. The second-order valence-electron chi connectivity index (χ2n) is 18.5. The minimum absolute atomic E-state index is 0.172. The van der Waals surface area contributed by atoms with Gasteiger partial charge in [0.05, 0.1) is 11.1 Å². The Morgan fingerprint density at radius 2 is 0.846 bits per heavy atom. The molecule has 0 unspecified atom stereocenters. The number of anilines is 3. The van der Waals surface area contributed by atoms with E-state index < -0.39 is 5.41 Å². The van der Waals surface area contributed by atoms with Gasteiger partial charge in [0.2, 0.25) is 0 Å². The van der Waals surface area contributed by atoms with Gasteiger partial charge >= 0.3 is 0 Å². The van der Waals surface area contributed by atoms with Gasteiger partial charge in [0.25, 0.3) is 0 Å². The first-order valence-electron chi connectivity index (χ1n) is 22.9. The molecule has 0 heterocycles. The van der Waals surface area contributed by atoms with E-state index in [1.807, 2.05) is 0 Å². The Labute approximate surface area is 383 Å². The highest BCUT2D eigenvalue weighted by atomic mass is 15.1. The normalized spacial score (nSPS) is 13.8. The molecule has 0 bridgehead atoms. The van der Waals surface area contributed by atoms with Crippen LogP contribution in [0.15, 0.2) is 224 Å². The summed E-state index contributed by atoms with van der Waals surface area (Å²) in [5.74, 6) is 0. The first kappa shape index (κ1) is 38.9. The quantitative estimate of drug-likeness (QED) is 0.155. The Morgan fingerprint density at radius 1 is 0.338 bits per heavy atom. The number of fused-ring (bicyclic) bond motifs is 7. The standard InChI is InChI=1S/C64H49N/c1-42-20-11-13-27-50(42)57-39-45(52-31-19-22-44-21-12-14-28-51(44)52)38-43(2)62(57)65(48-34-36-55-53-29-15-17-32-58(53)63(3,4)60(55)40-48)49-35-37-56-54-30-16-18-33-59(54)64(61(56)41-49,46-23-7-5-8-24-46)47-25-9-6-10-26-47/h5-41H,1-4H3. The molecule has 0 saturated carbocycles. The van der Waals surface area contributed by atoms with Crippen molar-refractivity contribution in [2.75, 3.05) is 4.90 Å². The Balaban J connectivity index is 1.17. The van der Waals surface area contributed by atoms with Crippen LogP contribution in [0.3, 0.4) is 0 Å². The van der Waals surface area contributed by atoms with Gasteiger partial charge < -0.3 is 4.90 Å². The van der Waals surface area contributed by atoms with Gasteiger partial charge in [-0.25, -0.2) is 0 Å². The van der Waals surface area contributed by atoms with Crippen LogP contribution in [0.4, 0.5) is 17.1 Å². The molecule has 0 saturated heterocycles. The summed E-state index contributed by atoms with van der Waals surface area (Å²) in [5, 5.41) is 2.50. The van der Waals surface area contributed by atoms with E-state index in [0.717, 1.165) is 11.4 Å². The van der Waals surface area contributed by atoms with Crippen LogP contribution < -0.4 is 4.90 Å². The molecule has 310 valence electrons. The molecular weight excluding hydrogens is 783 g/mol. The number of nitrogens with zero attached hydrogens (tertiary/aromatic N) is 1. The number of benzene rings is 10. The molecule has 0 aromatic heterocycles. The number of hydrogen-bond donors (Lipinski definition) is 0. The minimum Gasteiger partial charge on any atom is -0.310 e. The van der Waals surface area contributed by atoms with Gasteiger partial charge in [-0.2, -0.15) is 0 Å². The number of rotatable bonds is 7. The molecule has 0 N–H and O–H groups in total. The topological polar surface area (TPSA) is 3.24 Å². The van der Waals surface area contributed by atoms with Gasteiger partial charge in [-0.1, -0.05) is 202 Å². The molecule has 0 fully saturated rings. The maximum atomic E-state index is 2.58. The van der Waals surface area contributed by atoms with Crippen LogP contribution >= 0.6 is 0 Å². The second-order valence-corrected chi connectivity index (χ2v) is 18.5. The summed E-state index contributed by atoms with van der Waals surface area (Å²) in [7, 11) is 0. The van der Waals surface area contributed by atoms with Gasteiger partial charge in [0.1, 0.15) is 0 Å². The molecule has 0 aliphatic heterocycles. The highest BCUT2D eigenvalue weighted by Gasteiger charge is 2.46. The lowest BCUT2D eigenvalue weighted by molar-refractivity contribution is 0.660. The second kappa shape index (κ2) is 14.9. The molecule has 0 atom stereocenters. The third-order valence-corrected chi connectivity index (χ3v) is 14.6. The SMILES string of the molecule is Cc1ccccc1-c1cc(-c2cccc3ccccc23)cc(C)c1N(c1ccc2c(c1)C(C)(C)c1ccccc1-2)c1ccc2c(c1)C(c1ccccc1)(c1ccccc1)c1ccccc1-2. The fourth-order valence-corrected chi connectivity index (χ4v) is 11.6. The van der Waals surface area contributed by atoms with Crippen LogP contribution in [0, 0.1) is 13.8 Å². The molecule has 65 heavy (non-hydrogen) atoms. The van der Waals surface area contributed by atoms with E-state index in [9.17, 15) is 0 Å². The van der Waals surface area contributed by atoms with Gasteiger partial charge in [-0.3, -0.25) is 0 Å². The highest BCUT2D eigenvalue weighted by Crippen LogP contribution is 2.58. The van der Waals surface area contributed by atoms with Gasteiger partial charge in [0.15, 0.2) is 0 Å². The van der Waals surface area contributed by atoms with Gasteiger partial charge in [-0.15, -0.1) is 0 Å². The van der Waals surface area contributed by atoms with Crippen molar-refractivity contribution in [3.05, 3.63) is 269 Å². The number of hydrogen-bond acceptors (Lipinski definition) is 1. The van der Waals surface area contributed by atoms with Crippen LogP contribution in [0.25, 0.3) is 55.3 Å². The zero-order valence-electron chi connectivity index (χ0n) is 37.3. The third-order valence-electron chi connectivity index (χ3n) is 14.6. The van der Waals surface area contributed by atoms with Crippen molar-refractivity contribution in [1.29, 1.82) is 0 Å². The fourth-order valence-electron chi connectivity index (χ4n) is 11.6. The lowest BCUT2D eigenvalue weighted by Crippen LogP contribution is -2.28. The van der Waals surface area contributed by atoms with E-state index in [4.69, 9.17) is 0 Å². The Morgan fingerprint density at radius 3 is 1.54 bits per heavy atom. The predicted molar refractivity (Wildman–Crippen MR) is 274 cm³/mol. The van der Waals surface area contributed by atoms with E-state index in [1.54, 1.807) is 0 Å². The summed E-state index contributed by atoms with van der Waals surface area (Å²) in [6.45, 7) is 9.33. The molecule has 0 radical (unpaired) electrons. The zero-order chi connectivity index (χ0) is 43.9. The molecule has 2 aliphatic rings. The van der Waals surface area contributed by atoms with Crippen molar-refractivity contribution in [2.45, 2.75) is 38.5 Å². The molecule has 2 aliphatic carbocycles. The van der Waals surface area contributed by atoms with Crippen LogP contribution in [0.5, 0.6) is 0 Å². The smallest absolute Gasteiger partial charge is 0.0714 e. The summed E-state index contributed by atoms with van der Waals surface area (Å²) < 4.78 is 0. The molecule has 1 nitrogen and oxygen atoms in total. The fraction of sp³-hybridized carbons (Fsp3) is 0.0938. The van der Waals surface area contributed by atoms with Crippen molar-refractivity contribution < 1.29 is 0 Å². The van der Waals surface area contributed by atoms with E-state index in [1.165, 1.54) is 105 Å². The Bertz CT molecular complexity index is 3440. The van der Waals surface area contributed by atoms with E-state index in [0.29, 0.717) is 0 Å². The van der Waals surface area contributed by atoms with Crippen molar-refractivity contribution in [3.63, 3.8) is 0 Å². The third kappa shape index (κ3) is 5.85. The van der Waals surface area contributed by atoms with E-state index >= 15 is 0 Å². The van der Waals surface area contributed by atoms with Crippen molar-refractivity contribution >= 4 is 27.8 Å². The molecule has 10 aromatic carbocycles. The van der Waals surface area contributed by atoms with E-state index in [-0.39, 0.29) is 5.41 Å². The predicted octanol–water partition coefficient (Wildman–Crippen LogP) is 16.9. The molecular formula is C64H49N. The lowest BCUT2D eigenvalue weighted by atomic mass is 9.67. The van der Waals surface area contributed by atoms with Crippen molar-refractivity contribution in [3.8, 4) is 44.5 Å². The molecule has 12 rings (SSSR count). The largest absolute Gasteiger partial charge is 0.310 e. The summed E-state index contributed by atoms with van der Waals surface area (Å²) in [6.07, 6.45) is 0. The summed E-state index contributed by atoms with van der Waals surface area (Å²) in [5.41, 5.74) is 23.1. The molecule has 0 spiro atoms. The molecule has 0 amide bonds. The van der Waals surface area contributed by atoms with Crippen LogP contribution in [-0.2, 0) is 10.8 Å².